The van der Waals surface area contributed by atoms with E-state index in [1.807, 2.05) is 49.7 Å². The van der Waals surface area contributed by atoms with Crippen molar-refractivity contribution in [3.63, 3.8) is 0 Å². The number of hydrogen-bond donors (Lipinski definition) is 3. The molecule has 3 aromatic rings. The Morgan fingerprint density at radius 1 is 1.25 bits per heavy atom. The summed E-state index contributed by atoms with van der Waals surface area (Å²) in [5.41, 5.74) is 6.66. The molecular formula is C20H25ClN6O. The molecule has 1 unspecified atom stereocenters. The molecule has 1 amide bonds. The van der Waals surface area contributed by atoms with E-state index in [0.29, 0.717) is 12.2 Å². The molecule has 3 N–H and O–H groups in total. The van der Waals surface area contributed by atoms with Crippen molar-refractivity contribution >= 4 is 18.3 Å². The first-order valence-corrected chi connectivity index (χ1v) is 9.24. The molecule has 0 saturated heterocycles. The predicted octanol–water partition coefficient (Wildman–Crippen LogP) is 2.77. The summed E-state index contributed by atoms with van der Waals surface area (Å²) in [6.07, 6.45) is 0.874. The zero-order valence-electron chi connectivity index (χ0n) is 16.2. The molecule has 0 saturated carbocycles. The van der Waals surface area contributed by atoms with Gasteiger partial charge in [0, 0.05) is 36.5 Å². The number of amides is 1. The zero-order valence-corrected chi connectivity index (χ0v) is 17.1. The fourth-order valence-corrected chi connectivity index (χ4v) is 3.56. The number of benzene rings is 1. The SMILES string of the molecule is Cc1cc(C)n(-c2ccc(C(C)NC(=O)c3n[nH]c4c3CNCC4)cc2)n1.Cl. The van der Waals surface area contributed by atoms with E-state index in [1.165, 1.54) is 0 Å². The van der Waals surface area contributed by atoms with Crippen LogP contribution in [0.4, 0.5) is 0 Å². The molecule has 3 heterocycles. The van der Waals surface area contributed by atoms with Crippen molar-refractivity contribution in [2.24, 2.45) is 0 Å². The van der Waals surface area contributed by atoms with Crippen LogP contribution in [0.15, 0.2) is 30.3 Å². The fourth-order valence-electron chi connectivity index (χ4n) is 3.56. The molecule has 0 aliphatic carbocycles. The molecule has 4 rings (SSSR count). The van der Waals surface area contributed by atoms with Gasteiger partial charge in [0.05, 0.1) is 17.4 Å². The van der Waals surface area contributed by atoms with E-state index in [1.54, 1.807) is 0 Å². The van der Waals surface area contributed by atoms with Crippen molar-refractivity contribution in [1.29, 1.82) is 0 Å². The number of carbonyl (C=O) groups is 1. The second-order valence-corrected chi connectivity index (χ2v) is 7.08. The molecule has 1 aliphatic rings. The number of nitrogens with zero attached hydrogens (tertiary/aromatic N) is 3. The molecule has 1 aromatic carbocycles. The Kier molecular flexibility index (Phi) is 5.86. The van der Waals surface area contributed by atoms with E-state index in [9.17, 15) is 4.79 Å². The lowest BCUT2D eigenvalue weighted by Gasteiger charge is -2.16. The molecule has 148 valence electrons. The molecule has 7 nitrogen and oxygen atoms in total. The maximum absolute atomic E-state index is 12.7. The third kappa shape index (κ3) is 3.81. The number of hydrogen-bond acceptors (Lipinski definition) is 4. The highest BCUT2D eigenvalue weighted by molar-refractivity contribution is 5.94. The number of fused-ring (bicyclic) bond motifs is 1. The van der Waals surface area contributed by atoms with Gasteiger partial charge in [-0.1, -0.05) is 12.1 Å². The number of H-pyrrole nitrogens is 1. The van der Waals surface area contributed by atoms with Crippen molar-refractivity contribution in [2.45, 2.75) is 39.8 Å². The minimum atomic E-state index is -0.147. The van der Waals surface area contributed by atoms with Crippen LogP contribution in [0.5, 0.6) is 0 Å². The van der Waals surface area contributed by atoms with Crippen LogP contribution in [0.1, 0.15) is 51.7 Å². The molecule has 8 heteroatoms. The smallest absolute Gasteiger partial charge is 0.272 e. The average Bonchev–Trinajstić information content (AvgIpc) is 3.24. The lowest BCUT2D eigenvalue weighted by atomic mass is 10.1. The van der Waals surface area contributed by atoms with Crippen LogP contribution >= 0.6 is 12.4 Å². The van der Waals surface area contributed by atoms with Crippen LogP contribution in [0.3, 0.4) is 0 Å². The minimum absolute atomic E-state index is 0. The Morgan fingerprint density at radius 3 is 2.68 bits per heavy atom. The standard InChI is InChI=1S/C20H24N6O.ClH/c1-12-10-13(2)26(25-12)16-6-4-15(5-7-16)14(3)22-20(27)19-17-11-21-9-8-18(17)23-24-19;/h4-7,10,14,21H,8-9,11H2,1-3H3,(H,22,27)(H,23,24);1H. The Bertz CT molecular complexity index is 975. The minimum Gasteiger partial charge on any atom is -0.344 e. The number of aromatic nitrogens is 4. The number of carbonyl (C=O) groups excluding carboxylic acids is 1. The first-order chi connectivity index (χ1) is 13.0. The molecule has 0 bridgehead atoms. The summed E-state index contributed by atoms with van der Waals surface area (Å²) in [6.45, 7) is 7.59. The van der Waals surface area contributed by atoms with Crippen LogP contribution in [-0.2, 0) is 13.0 Å². The fraction of sp³-hybridized carbons (Fsp3) is 0.350. The predicted molar refractivity (Wildman–Crippen MR) is 110 cm³/mol. The van der Waals surface area contributed by atoms with E-state index in [-0.39, 0.29) is 24.4 Å². The van der Waals surface area contributed by atoms with Crippen LogP contribution in [-0.4, -0.2) is 32.4 Å². The Labute approximate surface area is 170 Å². The molecule has 1 aliphatic heterocycles. The van der Waals surface area contributed by atoms with Gasteiger partial charge in [-0.25, -0.2) is 4.68 Å². The highest BCUT2D eigenvalue weighted by Gasteiger charge is 2.22. The van der Waals surface area contributed by atoms with Gasteiger partial charge in [0.15, 0.2) is 5.69 Å². The number of rotatable bonds is 4. The lowest BCUT2D eigenvalue weighted by Crippen LogP contribution is -2.30. The van der Waals surface area contributed by atoms with Gasteiger partial charge in [-0.2, -0.15) is 10.2 Å². The van der Waals surface area contributed by atoms with Gasteiger partial charge in [0.2, 0.25) is 0 Å². The van der Waals surface area contributed by atoms with Gasteiger partial charge in [-0.15, -0.1) is 12.4 Å². The molecule has 0 radical (unpaired) electrons. The number of aromatic amines is 1. The maximum Gasteiger partial charge on any atom is 0.272 e. The summed E-state index contributed by atoms with van der Waals surface area (Å²) in [7, 11) is 0. The van der Waals surface area contributed by atoms with Crippen molar-refractivity contribution < 1.29 is 4.79 Å². The second kappa shape index (κ2) is 8.16. The van der Waals surface area contributed by atoms with E-state index < -0.39 is 0 Å². The molecule has 0 spiro atoms. The van der Waals surface area contributed by atoms with E-state index in [0.717, 1.165) is 46.9 Å². The number of halogens is 1. The topological polar surface area (TPSA) is 87.6 Å². The molecular weight excluding hydrogens is 376 g/mol. The summed E-state index contributed by atoms with van der Waals surface area (Å²) < 4.78 is 1.92. The molecule has 28 heavy (non-hydrogen) atoms. The van der Waals surface area contributed by atoms with Gasteiger partial charge < -0.3 is 10.6 Å². The first-order valence-electron chi connectivity index (χ1n) is 9.24. The van der Waals surface area contributed by atoms with Gasteiger partial charge in [0.1, 0.15) is 0 Å². The maximum atomic E-state index is 12.7. The van der Waals surface area contributed by atoms with E-state index in [2.05, 4.69) is 32.0 Å². The Hall–Kier alpha value is -2.64. The summed E-state index contributed by atoms with van der Waals surface area (Å²) in [4.78, 5) is 12.7. The largest absolute Gasteiger partial charge is 0.344 e. The van der Waals surface area contributed by atoms with Gasteiger partial charge >= 0.3 is 0 Å². The van der Waals surface area contributed by atoms with Gasteiger partial charge in [0.25, 0.3) is 5.91 Å². The van der Waals surface area contributed by atoms with E-state index >= 15 is 0 Å². The summed E-state index contributed by atoms with van der Waals surface area (Å²) >= 11 is 0. The summed E-state index contributed by atoms with van der Waals surface area (Å²) in [6, 6.07) is 10.0. The normalized spacial score (nSPS) is 14.1. The monoisotopic (exact) mass is 400 g/mol. The molecule has 2 aromatic heterocycles. The van der Waals surface area contributed by atoms with Crippen molar-refractivity contribution in [2.75, 3.05) is 6.54 Å². The van der Waals surface area contributed by atoms with Crippen LogP contribution in [0.25, 0.3) is 5.69 Å². The van der Waals surface area contributed by atoms with Crippen LogP contribution in [0, 0.1) is 13.8 Å². The van der Waals surface area contributed by atoms with Crippen LogP contribution < -0.4 is 10.6 Å². The second-order valence-electron chi connectivity index (χ2n) is 7.08. The highest BCUT2D eigenvalue weighted by atomic mass is 35.5. The zero-order chi connectivity index (χ0) is 19.0. The summed E-state index contributed by atoms with van der Waals surface area (Å²) in [5.74, 6) is -0.147. The van der Waals surface area contributed by atoms with Crippen LogP contribution in [0.2, 0.25) is 0 Å². The first kappa shape index (κ1) is 20.1. The van der Waals surface area contributed by atoms with Crippen molar-refractivity contribution in [3.8, 4) is 5.69 Å². The van der Waals surface area contributed by atoms with Crippen molar-refractivity contribution in [3.05, 3.63) is 64.2 Å². The number of nitrogens with one attached hydrogen (secondary N) is 3. The Balaban J connectivity index is 0.00000225. The third-order valence-corrected chi connectivity index (χ3v) is 5.02. The average molecular weight is 401 g/mol. The van der Waals surface area contributed by atoms with Gasteiger partial charge in [-0.3, -0.25) is 9.89 Å². The molecule has 1 atom stereocenters. The summed E-state index contributed by atoms with van der Waals surface area (Å²) in [5, 5.41) is 18.1. The highest BCUT2D eigenvalue weighted by Crippen LogP contribution is 2.19. The van der Waals surface area contributed by atoms with Gasteiger partial charge in [-0.05, 0) is 44.5 Å². The van der Waals surface area contributed by atoms with E-state index in [4.69, 9.17) is 0 Å². The quantitative estimate of drug-likeness (QED) is 0.628. The van der Waals surface area contributed by atoms with Crippen molar-refractivity contribution in [1.82, 2.24) is 30.6 Å². The Morgan fingerprint density at radius 2 is 2.00 bits per heavy atom. The lowest BCUT2D eigenvalue weighted by molar-refractivity contribution is 0.0933. The number of aryl methyl sites for hydroxylation is 2. The third-order valence-electron chi connectivity index (χ3n) is 5.02. The molecule has 0 fully saturated rings.